The van der Waals surface area contributed by atoms with Crippen LogP contribution in [0.25, 0.3) is 17.1 Å². The Hall–Kier alpha value is -4.28. The quantitative estimate of drug-likeness (QED) is 0.480. The van der Waals surface area contributed by atoms with E-state index in [0.29, 0.717) is 41.8 Å². The standard InChI is InChI=1S/C22H22N8O3/c1-14-5-7-16(8-6-14)29-11-10-28(22(29)32)13-19(31)23-12-18-25-26-20-17(4-3-9-30(18)20)21-24-15(2)27-33-21/h3-9H,10-13H2,1-2H3,(H,23,31). The van der Waals surface area contributed by atoms with E-state index in [2.05, 4.69) is 25.7 Å². The van der Waals surface area contributed by atoms with Gasteiger partial charge < -0.3 is 14.7 Å². The van der Waals surface area contributed by atoms with E-state index in [0.717, 1.165) is 11.3 Å². The zero-order chi connectivity index (χ0) is 22.9. The maximum absolute atomic E-state index is 12.7. The van der Waals surface area contributed by atoms with E-state index in [9.17, 15) is 9.59 Å². The van der Waals surface area contributed by atoms with Crippen molar-refractivity contribution in [3.63, 3.8) is 0 Å². The molecule has 1 saturated heterocycles. The largest absolute Gasteiger partial charge is 0.347 e. The van der Waals surface area contributed by atoms with E-state index < -0.39 is 0 Å². The summed E-state index contributed by atoms with van der Waals surface area (Å²) < 4.78 is 7.00. The summed E-state index contributed by atoms with van der Waals surface area (Å²) >= 11 is 0. The van der Waals surface area contributed by atoms with Crippen LogP contribution in [-0.2, 0) is 11.3 Å². The highest BCUT2D eigenvalue weighted by Gasteiger charge is 2.30. The second-order valence-corrected chi connectivity index (χ2v) is 7.85. The third-order valence-corrected chi connectivity index (χ3v) is 5.48. The normalized spacial score (nSPS) is 13.8. The minimum Gasteiger partial charge on any atom is -0.347 e. The summed E-state index contributed by atoms with van der Waals surface area (Å²) in [5.74, 6) is 1.16. The van der Waals surface area contributed by atoms with Crippen LogP contribution in [0.2, 0.25) is 0 Å². The molecule has 0 bridgehead atoms. The number of carbonyl (C=O) groups excluding carboxylic acids is 2. The number of fused-ring (bicyclic) bond motifs is 1. The van der Waals surface area contributed by atoms with Crippen LogP contribution in [0.3, 0.4) is 0 Å². The van der Waals surface area contributed by atoms with Crippen molar-refractivity contribution >= 4 is 23.3 Å². The summed E-state index contributed by atoms with van der Waals surface area (Å²) in [5.41, 5.74) is 3.16. The van der Waals surface area contributed by atoms with Gasteiger partial charge in [0, 0.05) is 25.0 Å². The van der Waals surface area contributed by atoms with Crippen LogP contribution in [0.1, 0.15) is 17.2 Å². The average Bonchev–Trinajstić information content (AvgIpc) is 3.52. The maximum atomic E-state index is 12.7. The molecule has 0 saturated carbocycles. The molecular weight excluding hydrogens is 424 g/mol. The summed E-state index contributed by atoms with van der Waals surface area (Å²) in [7, 11) is 0. The van der Waals surface area contributed by atoms with Gasteiger partial charge in [-0.25, -0.2) is 4.79 Å². The molecule has 5 rings (SSSR count). The molecule has 33 heavy (non-hydrogen) atoms. The lowest BCUT2D eigenvalue weighted by atomic mass is 10.2. The van der Waals surface area contributed by atoms with Crippen LogP contribution in [0.4, 0.5) is 10.5 Å². The monoisotopic (exact) mass is 446 g/mol. The van der Waals surface area contributed by atoms with Gasteiger partial charge in [0.25, 0.3) is 5.89 Å². The van der Waals surface area contributed by atoms with Crippen molar-refractivity contribution in [2.45, 2.75) is 20.4 Å². The fourth-order valence-corrected chi connectivity index (χ4v) is 3.76. The Balaban J connectivity index is 1.23. The average molecular weight is 446 g/mol. The summed E-state index contributed by atoms with van der Waals surface area (Å²) in [4.78, 5) is 32.7. The highest BCUT2D eigenvalue weighted by molar-refractivity contribution is 5.96. The Bertz CT molecular complexity index is 1330. The Morgan fingerprint density at radius 1 is 1.12 bits per heavy atom. The van der Waals surface area contributed by atoms with Crippen LogP contribution < -0.4 is 10.2 Å². The van der Waals surface area contributed by atoms with Gasteiger partial charge in [-0.15, -0.1) is 10.2 Å². The highest BCUT2D eigenvalue weighted by Crippen LogP contribution is 2.22. The molecule has 168 valence electrons. The van der Waals surface area contributed by atoms with E-state index >= 15 is 0 Å². The molecule has 1 N–H and O–H groups in total. The van der Waals surface area contributed by atoms with Crippen molar-refractivity contribution < 1.29 is 14.1 Å². The lowest BCUT2D eigenvalue weighted by Gasteiger charge is -2.18. The van der Waals surface area contributed by atoms with Crippen molar-refractivity contribution in [3.05, 3.63) is 59.8 Å². The van der Waals surface area contributed by atoms with E-state index in [1.807, 2.05) is 43.3 Å². The molecule has 11 heteroatoms. The maximum Gasteiger partial charge on any atom is 0.325 e. The lowest BCUT2D eigenvalue weighted by molar-refractivity contribution is -0.121. The summed E-state index contributed by atoms with van der Waals surface area (Å²) in [5, 5.41) is 15.0. The first-order valence-electron chi connectivity index (χ1n) is 10.5. The molecule has 4 aromatic rings. The highest BCUT2D eigenvalue weighted by atomic mass is 16.5. The van der Waals surface area contributed by atoms with Gasteiger partial charge in [-0.1, -0.05) is 22.9 Å². The Kier molecular flexibility index (Phi) is 5.21. The molecule has 0 unspecified atom stereocenters. The number of benzene rings is 1. The van der Waals surface area contributed by atoms with Gasteiger partial charge in [-0.05, 0) is 38.1 Å². The number of carbonyl (C=O) groups is 2. The van der Waals surface area contributed by atoms with Crippen molar-refractivity contribution in [3.8, 4) is 11.5 Å². The molecule has 0 atom stereocenters. The Morgan fingerprint density at radius 3 is 2.70 bits per heavy atom. The molecule has 0 radical (unpaired) electrons. The molecule has 11 nitrogen and oxygen atoms in total. The molecule has 4 heterocycles. The number of aromatic nitrogens is 5. The number of hydrogen-bond donors (Lipinski definition) is 1. The summed E-state index contributed by atoms with van der Waals surface area (Å²) in [6.07, 6.45) is 1.80. The molecule has 0 aliphatic carbocycles. The lowest BCUT2D eigenvalue weighted by Crippen LogP contribution is -2.40. The number of amides is 3. The second-order valence-electron chi connectivity index (χ2n) is 7.85. The first-order chi connectivity index (χ1) is 16.0. The number of urea groups is 1. The topological polar surface area (TPSA) is 122 Å². The van der Waals surface area contributed by atoms with Crippen LogP contribution >= 0.6 is 0 Å². The van der Waals surface area contributed by atoms with Gasteiger partial charge in [-0.2, -0.15) is 4.98 Å². The van der Waals surface area contributed by atoms with Crippen LogP contribution in [-0.4, -0.2) is 61.2 Å². The van der Waals surface area contributed by atoms with Gasteiger partial charge in [0.05, 0.1) is 12.1 Å². The molecule has 3 aromatic heterocycles. The minimum absolute atomic E-state index is 0.0234. The van der Waals surface area contributed by atoms with Gasteiger partial charge >= 0.3 is 6.03 Å². The Morgan fingerprint density at radius 2 is 1.94 bits per heavy atom. The molecule has 1 aromatic carbocycles. The first-order valence-corrected chi connectivity index (χ1v) is 10.5. The van der Waals surface area contributed by atoms with Crippen LogP contribution in [0, 0.1) is 13.8 Å². The van der Waals surface area contributed by atoms with Crippen molar-refractivity contribution in [2.24, 2.45) is 0 Å². The third-order valence-electron chi connectivity index (χ3n) is 5.48. The fraction of sp³-hybridized carbons (Fsp3) is 0.273. The van der Waals surface area contributed by atoms with Crippen molar-refractivity contribution in [2.75, 3.05) is 24.5 Å². The van der Waals surface area contributed by atoms with Crippen molar-refractivity contribution in [1.29, 1.82) is 0 Å². The number of pyridine rings is 1. The number of nitrogens with one attached hydrogen (secondary N) is 1. The molecular formula is C22H22N8O3. The SMILES string of the molecule is Cc1ccc(N2CCN(CC(=O)NCc3nnc4c(-c5nc(C)no5)cccn34)C2=O)cc1. The molecule has 1 aliphatic rings. The zero-order valence-corrected chi connectivity index (χ0v) is 18.2. The summed E-state index contributed by atoms with van der Waals surface area (Å²) in [6.45, 7) is 4.91. The molecule has 3 amide bonds. The van der Waals surface area contributed by atoms with Crippen LogP contribution in [0.15, 0.2) is 47.1 Å². The number of anilines is 1. The number of hydrogen-bond acceptors (Lipinski definition) is 7. The molecule has 1 aliphatic heterocycles. The number of rotatable bonds is 6. The van der Waals surface area contributed by atoms with Crippen LogP contribution in [0.5, 0.6) is 0 Å². The van der Waals surface area contributed by atoms with E-state index in [1.54, 1.807) is 22.4 Å². The predicted octanol–water partition coefficient (Wildman–Crippen LogP) is 1.95. The van der Waals surface area contributed by atoms with E-state index in [4.69, 9.17) is 4.52 Å². The van der Waals surface area contributed by atoms with Gasteiger partial charge in [0.15, 0.2) is 17.3 Å². The Labute approximate surface area is 189 Å². The van der Waals surface area contributed by atoms with Gasteiger partial charge in [-0.3, -0.25) is 14.1 Å². The van der Waals surface area contributed by atoms with Gasteiger partial charge in [0.2, 0.25) is 5.91 Å². The van der Waals surface area contributed by atoms with E-state index in [1.165, 1.54) is 4.90 Å². The molecule has 1 fully saturated rings. The predicted molar refractivity (Wildman–Crippen MR) is 118 cm³/mol. The number of nitrogens with zero attached hydrogens (tertiary/aromatic N) is 7. The first kappa shape index (κ1) is 20.6. The number of aryl methyl sites for hydroxylation is 2. The summed E-state index contributed by atoms with van der Waals surface area (Å²) in [6, 6.07) is 11.2. The second kappa shape index (κ2) is 8.34. The smallest absolute Gasteiger partial charge is 0.325 e. The third kappa shape index (κ3) is 4.00. The fourth-order valence-electron chi connectivity index (χ4n) is 3.76. The molecule has 0 spiro atoms. The zero-order valence-electron chi connectivity index (χ0n) is 18.2. The minimum atomic E-state index is -0.269. The van der Waals surface area contributed by atoms with E-state index in [-0.39, 0.29) is 25.0 Å². The van der Waals surface area contributed by atoms with Gasteiger partial charge in [0.1, 0.15) is 6.54 Å². The van der Waals surface area contributed by atoms with Crippen molar-refractivity contribution in [1.82, 2.24) is 35.0 Å².